The maximum Gasteiger partial charge on any atom is 0.252 e. The summed E-state index contributed by atoms with van der Waals surface area (Å²) in [4.78, 5) is 1.02. The second-order valence-corrected chi connectivity index (χ2v) is 9.00. The van der Waals surface area contributed by atoms with Crippen LogP contribution >= 0.6 is 11.3 Å². The Bertz CT molecular complexity index is 954. The molecule has 2 aromatic heterocycles. The van der Waals surface area contributed by atoms with Gasteiger partial charge in [0.25, 0.3) is 10.0 Å². The molecule has 6 heteroatoms. The number of para-hydroxylation sites is 1. The molecule has 1 aromatic carbocycles. The minimum Gasteiger partial charge on any atom is -0.342 e. The van der Waals surface area contributed by atoms with Gasteiger partial charge >= 0.3 is 0 Å². The Labute approximate surface area is 133 Å². The normalized spacial score (nSPS) is 16.0. The first-order chi connectivity index (χ1) is 10.6. The standard InChI is InChI=1S/C16H16N2O2S2/c1-12-6-7-16(21-12)22(19,20)17-8-9-18-14(11-17)10-13-4-2-3-5-15(13)18/h2-7,10H,8-9,11H2,1H3. The zero-order chi connectivity index (χ0) is 15.3. The van der Waals surface area contributed by atoms with Gasteiger partial charge < -0.3 is 4.57 Å². The average molecular weight is 332 g/mol. The van der Waals surface area contributed by atoms with E-state index >= 15 is 0 Å². The van der Waals surface area contributed by atoms with Gasteiger partial charge in [0, 0.05) is 29.2 Å². The van der Waals surface area contributed by atoms with Crippen LogP contribution in [0.2, 0.25) is 0 Å². The van der Waals surface area contributed by atoms with Gasteiger partial charge in [-0.25, -0.2) is 8.42 Å². The first-order valence-corrected chi connectivity index (χ1v) is 9.45. The monoisotopic (exact) mass is 332 g/mol. The van der Waals surface area contributed by atoms with E-state index in [0.717, 1.165) is 10.6 Å². The number of thiophene rings is 1. The van der Waals surface area contributed by atoms with Crippen LogP contribution < -0.4 is 0 Å². The third-order valence-electron chi connectivity index (χ3n) is 4.12. The van der Waals surface area contributed by atoms with E-state index < -0.39 is 10.0 Å². The number of sulfonamides is 1. The molecule has 0 aliphatic carbocycles. The van der Waals surface area contributed by atoms with Crippen LogP contribution in [0.1, 0.15) is 10.6 Å². The molecule has 0 N–H and O–H groups in total. The highest BCUT2D eigenvalue weighted by Crippen LogP contribution is 2.29. The van der Waals surface area contributed by atoms with Crippen LogP contribution in [0.5, 0.6) is 0 Å². The van der Waals surface area contributed by atoms with Gasteiger partial charge in [-0.2, -0.15) is 4.31 Å². The largest absolute Gasteiger partial charge is 0.342 e. The summed E-state index contributed by atoms with van der Waals surface area (Å²) < 4.78 is 29.8. The number of rotatable bonds is 2. The van der Waals surface area contributed by atoms with E-state index in [9.17, 15) is 8.42 Å². The van der Waals surface area contributed by atoms with Crippen LogP contribution in [0.3, 0.4) is 0 Å². The molecule has 22 heavy (non-hydrogen) atoms. The molecular formula is C16H16N2O2S2. The Morgan fingerprint density at radius 1 is 1.09 bits per heavy atom. The van der Waals surface area contributed by atoms with E-state index in [0.29, 0.717) is 23.8 Å². The van der Waals surface area contributed by atoms with Crippen molar-refractivity contribution in [3.05, 3.63) is 53.0 Å². The molecule has 0 atom stereocenters. The van der Waals surface area contributed by atoms with Crippen LogP contribution in [-0.2, 0) is 23.1 Å². The maximum absolute atomic E-state index is 12.8. The van der Waals surface area contributed by atoms with Crippen LogP contribution in [0, 0.1) is 6.92 Å². The summed E-state index contributed by atoms with van der Waals surface area (Å²) in [6.07, 6.45) is 0. The first kappa shape index (κ1) is 14.0. The van der Waals surface area contributed by atoms with Gasteiger partial charge in [-0.15, -0.1) is 11.3 Å². The molecule has 0 radical (unpaired) electrons. The Balaban J connectivity index is 1.72. The van der Waals surface area contributed by atoms with Crippen molar-refractivity contribution in [3.8, 4) is 0 Å². The predicted molar refractivity (Wildman–Crippen MR) is 88.6 cm³/mol. The summed E-state index contributed by atoms with van der Waals surface area (Å²) in [5.41, 5.74) is 2.24. The molecule has 3 heterocycles. The zero-order valence-corrected chi connectivity index (χ0v) is 13.8. The third kappa shape index (κ3) is 2.10. The van der Waals surface area contributed by atoms with Crippen molar-refractivity contribution in [1.82, 2.24) is 8.87 Å². The number of hydrogen-bond acceptors (Lipinski definition) is 3. The maximum atomic E-state index is 12.8. The van der Waals surface area contributed by atoms with Crippen molar-refractivity contribution in [2.75, 3.05) is 6.54 Å². The molecule has 0 fully saturated rings. The summed E-state index contributed by atoms with van der Waals surface area (Å²) in [5, 5.41) is 1.17. The third-order valence-corrected chi connectivity index (χ3v) is 7.43. The van der Waals surface area contributed by atoms with Gasteiger partial charge in [0.15, 0.2) is 0 Å². The molecule has 0 bridgehead atoms. The Morgan fingerprint density at radius 2 is 1.91 bits per heavy atom. The Kier molecular flexibility index (Phi) is 3.14. The molecule has 0 saturated heterocycles. The van der Waals surface area contributed by atoms with Crippen LogP contribution in [0.25, 0.3) is 10.9 Å². The number of benzene rings is 1. The zero-order valence-electron chi connectivity index (χ0n) is 12.2. The molecule has 3 aromatic rings. The van der Waals surface area contributed by atoms with E-state index in [1.165, 1.54) is 22.2 Å². The summed E-state index contributed by atoms with van der Waals surface area (Å²) in [5.74, 6) is 0. The molecule has 0 amide bonds. The van der Waals surface area contributed by atoms with Gasteiger partial charge in [0.1, 0.15) is 4.21 Å². The lowest BCUT2D eigenvalue weighted by Crippen LogP contribution is -2.37. The Hall–Kier alpha value is -1.63. The fourth-order valence-electron chi connectivity index (χ4n) is 3.02. The molecule has 4 nitrogen and oxygen atoms in total. The predicted octanol–water partition coefficient (Wildman–Crippen LogP) is 3.22. The van der Waals surface area contributed by atoms with E-state index in [1.54, 1.807) is 10.4 Å². The molecular weight excluding hydrogens is 316 g/mol. The van der Waals surface area contributed by atoms with Gasteiger partial charge in [-0.1, -0.05) is 18.2 Å². The molecule has 0 unspecified atom stereocenters. The van der Waals surface area contributed by atoms with Crippen LogP contribution in [0.4, 0.5) is 0 Å². The molecule has 114 valence electrons. The number of hydrogen-bond donors (Lipinski definition) is 0. The number of aromatic nitrogens is 1. The lowest BCUT2D eigenvalue weighted by molar-refractivity contribution is 0.346. The summed E-state index contributed by atoms with van der Waals surface area (Å²) >= 11 is 1.34. The Morgan fingerprint density at radius 3 is 2.68 bits per heavy atom. The first-order valence-electron chi connectivity index (χ1n) is 7.19. The average Bonchev–Trinajstić information content (AvgIpc) is 3.10. The molecule has 1 aliphatic rings. The van der Waals surface area contributed by atoms with Crippen LogP contribution in [0.15, 0.2) is 46.7 Å². The minimum absolute atomic E-state index is 0.438. The SMILES string of the molecule is Cc1ccc(S(=O)(=O)N2CCn3c(cc4ccccc43)C2)s1. The van der Waals surface area contributed by atoms with Crippen molar-refractivity contribution >= 4 is 32.3 Å². The summed E-state index contributed by atoms with van der Waals surface area (Å²) in [6, 6.07) is 13.9. The summed E-state index contributed by atoms with van der Waals surface area (Å²) in [7, 11) is -3.38. The second kappa shape index (κ2) is 4.94. The molecule has 1 aliphatic heterocycles. The van der Waals surface area contributed by atoms with Gasteiger partial charge in [0.2, 0.25) is 0 Å². The fourth-order valence-corrected chi connectivity index (χ4v) is 5.86. The minimum atomic E-state index is -3.38. The fraction of sp³-hybridized carbons (Fsp3) is 0.250. The van der Waals surface area contributed by atoms with Gasteiger partial charge in [0.05, 0.1) is 6.54 Å². The number of aryl methyl sites for hydroxylation is 1. The highest BCUT2D eigenvalue weighted by atomic mass is 32.2. The lowest BCUT2D eigenvalue weighted by atomic mass is 10.2. The highest BCUT2D eigenvalue weighted by molar-refractivity contribution is 7.91. The van der Waals surface area contributed by atoms with Crippen molar-refractivity contribution in [2.45, 2.75) is 24.2 Å². The molecule has 0 saturated carbocycles. The van der Waals surface area contributed by atoms with Crippen molar-refractivity contribution in [1.29, 1.82) is 0 Å². The van der Waals surface area contributed by atoms with E-state index in [1.807, 2.05) is 25.1 Å². The van der Waals surface area contributed by atoms with Gasteiger partial charge in [-0.05, 0) is 36.6 Å². The van der Waals surface area contributed by atoms with E-state index in [-0.39, 0.29) is 0 Å². The van der Waals surface area contributed by atoms with Crippen LogP contribution in [-0.4, -0.2) is 23.8 Å². The van der Waals surface area contributed by atoms with Crippen molar-refractivity contribution in [2.24, 2.45) is 0 Å². The quantitative estimate of drug-likeness (QED) is 0.723. The second-order valence-electron chi connectivity index (χ2n) is 5.55. The van der Waals surface area contributed by atoms with E-state index in [2.05, 4.69) is 22.8 Å². The molecule has 4 rings (SSSR count). The lowest BCUT2D eigenvalue weighted by Gasteiger charge is -2.27. The summed E-state index contributed by atoms with van der Waals surface area (Å²) in [6.45, 7) is 3.59. The molecule has 0 spiro atoms. The number of nitrogens with zero attached hydrogens (tertiary/aromatic N) is 2. The van der Waals surface area contributed by atoms with E-state index in [4.69, 9.17) is 0 Å². The smallest absolute Gasteiger partial charge is 0.252 e. The topological polar surface area (TPSA) is 42.3 Å². The highest BCUT2D eigenvalue weighted by Gasteiger charge is 2.30. The number of fused-ring (bicyclic) bond motifs is 3. The van der Waals surface area contributed by atoms with Crippen molar-refractivity contribution in [3.63, 3.8) is 0 Å². The van der Waals surface area contributed by atoms with Crippen molar-refractivity contribution < 1.29 is 8.42 Å². The van der Waals surface area contributed by atoms with Gasteiger partial charge in [-0.3, -0.25) is 0 Å².